The van der Waals surface area contributed by atoms with Crippen molar-refractivity contribution in [1.29, 1.82) is 0 Å². The Balaban J connectivity index is 4.26. The molecule has 0 aliphatic rings. The van der Waals surface area contributed by atoms with Crippen LogP contribution >= 0.6 is 0 Å². The smallest absolute Gasteiger partial charge is 0.306 e. The van der Waals surface area contributed by atoms with Gasteiger partial charge in [0.15, 0.2) is 6.10 Å². The highest BCUT2D eigenvalue weighted by Gasteiger charge is 2.19. The second kappa shape index (κ2) is 51.3. The van der Waals surface area contributed by atoms with Crippen LogP contribution in [0.1, 0.15) is 330 Å². The van der Waals surface area contributed by atoms with E-state index in [1.54, 1.807) is 0 Å². The number of carbonyl (C=O) groups is 3. The van der Waals surface area contributed by atoms with Crippen LogP contribution < -0.4 is 0 Å². The lowest BCUT2D eigenvalue weighted by Crippen LogP contribution is -2.30. The second-order valence-corrected chi connectivity index (χ2v) is 21.8. The van der Waals surface area contributed by atoms with Gasteiger partial charge in [-0.2, -0.15) is 0 Å². The van der Waals surface area contributed by atoms with Gasteiger partial charge in [-0.3, -0.25) is 14.4 Å². The highest BCUT2D eigenvalue weighted by atomic mass is 16.6. The van der Waals surface area contributed by atoms with Crippen LogP contribution in [0.3, 0.4) is 0 Å². The van der Waals surface area contributed by atoms with Crippen LogP contribution in [0.5, 0.6) is 0 Å². The van der Waals surface area contributed by atoms with Gasteiger partial charge in [0.1, 0.15) is 13.2 Å². The summed E-state index contributed by atoms with van der Waals surface area (Å²) >= 11 is 0. The van der Waals surface area contributed by atoms with Crippen LogP contribution in [0.2, 0.25) is 0 Å². The summed E-state index contributed by atoms with van der Waals surface area (Å²) in [6, 6.07) is 0. The minimum atomic E-state index is -0.764. The Bertz CT molecular complexity index is 1020. The van der Waals surface area contributed by atoms with Crippen LogP contribution in [0.25, 0.3) is 0 Å². The maximum absolute atomic E-state index is 12.9. The van der Waals surface area contributed by atoms with Crippen LogP contribution in [-0.4, -0.2) is 37.2 Å². The van der Waals surface area contributed by atoms with E-state index in [0.29, 0.717) is 19.3 Å². The van der Waals surface area contributed by atoms with Crippen LogP contribution in [0.4, 0.5) is 0 Å². The minimum Gasteiger partial charge on any atom is -0.462 e. The fourth-order valence-corrected chi connectivity index (χ4v) is 9.14. The Hall–Kier alpha value is -1.59. The monoisotopic (exact) mass is 933 g/mol. The summed E-state index contributed by atoms with van der Waals surface area (Å²) < 4.78 is 16.9. The summed E-state index contributed by atoms with van der Waals surface area (Å²) in [7, 11) is 0. The molecule has 0 spiro atoms. The lowest BCUT2D eigenvalue weighted by molar-refractivity contribution is -0.167. The van der Waals surface area contributed by atoms with E-state index >= 15 is 0 Å². The molecule has 0 rings (SSSR count). The van der Waals surface area contributed by atoms with E-state index in [2.05, 4.69) is 41.5 Å². The summed E-state index contributed by atoms with van der Waals surface area (Å²) in [5.74, 6) is 1.70. The quantitative estimate of drug-likeness (QED) is 0.0343. The van der Waals surface area contributed by atoms with Crippen LogP contribution in [0.15, 0.2) is 0 Å². The normalized spacial score (nSPS) is 12.5. The van der Waals surface area contributed by atoms with Crippen molar-refractivity contribution >= 4 is 17.9 Å². The molecule has 6 nitrogen and oxygen atoms in total. The Morgan fingerprint density at radius 2 is 0.530 bits per heavy atom. The van der Waals surface area contributed by atoms with Crippen molar-refractivity contribution < 1.29 is 28.6 Å². The minimum absolute atomic E-state index is 0.0636. The van der Waals surface area contributed by atoms with Crippen LogP contribution in [0, 0.1) is 17.8 Å². The Kier molecular flexibility index (Phi) is 50.0. The fraction of sp³-hybridized carbons (Fsp3) is 0.950. The van der Waals surface area contributed by atoms with Gasteiger partial charge in [-0.15, -0.1) is 0 Å². The summed E-state index contributed by atoms with van der Waals surface area (Å²) in [5, 5.41) is 0. The molecule has 1 unspecified atom stereocenters. The molecular formula is C60H116O6. The molecule has 0 radical (unpaired) electrons. The van der Waals surface area contributed by atoms with Gasteiger partial charge in [0.05, 0.1) is 0 Å². The van der Waals surface area contributed by atoms with Crippen LogP contribution in [-0.2, 0) is 28.6 Å². The van der Waals surface area contributed by atoms with Crippen molar-refractivity contribution in [2.45, 2.75) is 337 Å². The van der Waals surface area contributed by atoms with Gasteiger partial charge in [-0.05, 0) is 37.0 Å². The van der Waals surface area contributed by atoms with E-state index in [4.69, 9.17) is 14.2 Å². The molecule has 0 N–H and O–H groups in total. The molecule has 0 bridgehead atoms. The molecule has 0 fully saturated rings. The molecule has 0 heterocycles. The van der Waals surface area contributed by atoms with E-state index in [1.165, 1.54) is 212 Å². The predicted octanol–water partition coefficient (Wildman–Crippen LogP) is 19.5. The lowest BCUT2D eigenvalue weighted by atomic mass is 9.99. The number of hydrogen-bond donors (Lipinski definition) is 0. The van der Waals surface area contributed by atoms with E-state index < -0.39 is 6.10 Å². The molecule has 0 saturated heterocycles. The number of esters is 3. The van der Waals surface area contributed by atoms with Crippen molar-refractivity contribution in [2.24, 2.45) is 17.8 Å². The molecule has 0 aromatic carbocycles. The SMILES string of the molecule is CCC(C)CCCCCCCCCCCCCCCCC(=O)O[C@H](COC(=O)CCCCCCCCCCCCCCCCCCC(C)C)COC(=O)CCCCCCCCCCC(C)C. The average Bonchev–Trinajstić information content (AvgIpc) is 3.29. The van der Waals surface area contributed by atoms with Gasteiger partial charge in [-0.1, -0.05) is 292 Å². The first-order chi connectivity index (χ1) is 32.1. The van der Waals surface area contributed by atoms with Gasteiger partial charge >= 0.3 is 17.9 Å². The zero-order valence-corrected chi connectivity index (χ0v) is 45.5. The molecule has 0 aromatic rings. The Morgan fingerprint density at radius 3 is 0.788 bits per heavy atom. The van der Waals surface area contributed by atoms with Crippen molar-refractivity contribution in [3.05, 3.63) is 0 Å². The summed E-state index contributed by atoms with van der Waals surface area (Å²) in [6.07, 6.45) is 53.8. The molecule has 2 atom stereocenters. The topological polar surface area (TPSA) is 78.9 Å². The molecule has 0 aliphatic carbocycles. The Morgan fingerprint density at radius 1 is 0.303 bits per heavy atom. The number of carbonyl (C=O) groups excluding carboxylic acids is 3. The molecule has 0 saturated carbocycles. The number of rotatable bonds is 53. The molecule has 66 heavy (non-hydrogen) atoms. The first-order valence-electron chi connectivity index (χ1n) is 29.6. The largest absolute Gasteiger partial charge is 0.462 e. The third kappa shape index (κ3) is 51.8. The van der Waals surface area contributed by atoms with Crippen molar-refractivity contribution in [2.75, 3.05) is 13.2 Å². The second-order valence-electron chi connectivity index (χ2n) is 21.8. The predicted molar refractivity (Wildman–Crippen MR) is 284 cm³/mol. The highest BCUT2D eigenvalue weighted by Crippen LogP contribution is 2.19. The number of ether oxygens (including phenoxy) is 3. The summed E-state index contributed by atoms with van der Waals surface area (Å²) in [5.41, 5.74) is 0. The van der Waals surface area contributed by atoms with Crippen molar-refractivity contribution in [1.82, 2.24) is 0 Å². The third-order valence-corrected chi connectivity index (χ3v) is 14.0. The Labute approximate surface area is 412 Å². The van der Waals surface area contributed by atoms with Gasteiger partial charge in [0, 0.05) is 19.3 Å². The molecular weight excluding hydrogens is 817 g/mol. The van der Waals surface area contributed by atoms with E-state index in [1.807, 2.05) is 0 Å². The standard InChI is InChI=1S/C60H116O6/c1-7-56(6)48-42-36-30-23-19-15-12-13-17-21-25-33-39-45-51-60(63)66-57(53-65-59(62)50-44-38-32-27-26-29-35-41-47-55(4)5)52-64-58(61)49-43-37-31-24-20-16-11-9-8-10-14-18-22-28-34-40-46-54(2)3/h54-57H,7-53H2,1-6H3/t56?,57-/m1/s1. The zero-order chi connectivity index (χ0) is 48.4. The van der Waals surface area contributed by atoms with Gasteiger partial charge in [0.25, 0.3) is 0 Å². The zero-order valence-electron chi connectivity index (χ0n) is 45.5. The molecule has 0 aromatic heterocycles. The van der Waals surface area contributed by atoms with Gasteiger partial charge in [-0.25, -0.2) is 0 Å². The van der Waals surface area contributed by atoms with E-state index in [-0.39, 0.29) is 31.1 Å². The third-order valence-electron chi connectivity index (χ3n) is 14.0. The first kappa shape index (κ1) is 64.4. The molecule has 0 amide bonds. The lowest BCUT2D eigenvalue weighted by Gasteiger charge is -2.18. The maximum Gasteiger partial charge on any atom is 0.306 e. The number of hydrogen-bond acceptors (Lipinski definition) is 6. The first-order valence-corrected chi connectivity index (χ1v) is 29.6. The average molecular weight is 934 g/mol. The fourth-order valence-electron chi connectivity index (χ4n) is 9.14. The summed E-state index contributed by atoms with van der Waals surface area (Å²) in [4.78, 5) is 38.1. The highest BCUT2D eigenvalue weighted by molar-refractivity contribution is 5.71. The van der Waals surface area contributed by atoms with E-state index in [0.717, 1.165) is 75.5 Å². The maximum atomic E-state index is 12.9. The molecule has 392 valence electrons. The molecule has 6 heteroatoms. The number of unbranched alkanes of at least 4 members (excludes halogenated alkanes) is 35. The van der Waals surface area contributed by atoms with Gasteiger partial charge in [0.2, 0.25) is 0 Å². The van der Waals surface area contributed by atoms with E-state index in [9.17, 15) is 14.4 Å². The van der Waals surface area contributed by atoms with Crippen molar-refractivity contribution in [3.8, 4) is 0 Å². The van der Waals surface area contributed by atoms with Gasteiger partial charge < -0.3 is 14.2 Å². The van der Waals surface area contributed by atoms with Crippen molar-refractivity contribution in [3.63, 3.8) is 0 Å². The summed E-state index contributed by atoms with van der Waals surface area (Å²) in [6.45, 7) is 13.8. The molecule has 0 aliphatic heterocycles.